The monoisotopic (exact) mass is 477 g/mol. The fourth-order valence-corrected chi connectivity index (χ4v) is 5.49. The minimum atomic E-state index is -0.372. The lowest BCUT2D eigenvalue weighted by Crippen LogP contribution is -2.67. The van der Waals surface area contributed by atoms with Crippen molar-refractivity contribution < 1.29 is 14.0 Å². The maximum Gasteiger partial charge on any atom is 0.231 e. The second-order valence-corrected chi connectivity index (χ2v) is 9.57. The van der Waals surface area contributed by atoms with E-state index in [4.69, 9.17) is 0 Å². The van der Waals surface area contributed by atoms with E-state index in [9.17, 15) is 14.0 Å². The van der Waals surface area contributed by atoms with Crippen molar-refractivity contribution in [3.05, 3.63) is 71.5 Å². The van der Waals surface area contributed by atoms with E-state index in [-0.39, 0.29) is 35.9 Å². The van der Waals surface area contributed by atoms with E-state index in [1.54, 1.807) is 12.1 Å². The average Bonchev–Trinajstić information content (AvgIpc) is 3.31. The lowest BCUT2D eigenvalue weighted by atomic mass is 9.80. The van der Waals surface area contributed by atoms with Gasteiger partial charge in [0.15, 0.2) is 6.29 Å². The molecule has 2 aliphatic heterocycles. The molecular weight excluding hydrogens is 445 g/mol. The number of hydrogen-bond donors (Lipinski definition) is 2. The van der Waals surface area contributed by atoms with Gasteiger partial charge in [-0.25, -0.2) is 4.39 Å². The Bertz CT molecular complexity index is 1070. The zero-order chi connectivity index (χ0) is 24.2. The third-order valence-electron chi connectivity index (χ3n) is 7.27. The Kier molecular flexibility index (Phi) is 6.97. The molecule has 2 heterocycles. The molecule has 8 heteroatoms. The zero-order valence-corrected chi connectivity index (χ0v) is 19.8. The van der Waals surface area contributed by atoms with E-state index in [0.29, 0.717) is 25.9 Å². The van der Waals surface area contributed by atoms with E-state index < -0.39 is 0 Å². The lowest BCUT2D eigenvalue weighted by Gasteiger charge is -2.50. The van der Waals surface area contributed by atoms with Crippen molar-refractivity contribution in [3.8, 4) is 0 Å². The summed E-state index contributed by atoms with van der Waals surface area (Å²) in [7, 11) is 0. The van der Waals surface area contributed by atoms with Gasteiger partial charge in [0.2, 0.25) is 11.8 Å². The SMILES string of the molecule is O=C(CCC1=NNC2N(Cc3ccc(F)cc3)C(=O)C3CCCCC3N12)NCCc1ccccc1. The van der Waals surface area contributed by atoms with Crippen LogP contribution in [-0.4, -0.2) is 46.3 Å². The predicted molar refractivity (Wildman–Crippen MR) is 131 cm³/mol. The van der Waals surface area contributed by atoms with Crippen LogP contribution in [0.3, 0.4) is 0 Å². The number of hydrogen-bond acceptors (Lipinski definition) is 5. The standard InChI is InChI=1S/C27H32FN5O2/c28-21-12-10-20(11-13-21)18-32-26(35)22-8-4-5-9-23(22)33-24(30-31-27(32)33)14-15-25(34)29-17-16-19-6-2-1-3-7-19/h1-3,6-7,10-13,22-23,27,31H,4-5,8-9,14-18H2,(H,29,34). The number of nitrogens with zero attached hydrogens (tertiary/aromatic N) is 3. The second kappa shape index (κ2) is 10.5. The van der Waals surface area contributed by atoms with E-state index in [1.807, 2.05) is 23.1 Å². The smallest absolute Gasteiger partial charge is 0.231 e. The molecule has 1 aliphatic carbocycles. The Morgan fingerprint density at radius 3 is 2.60 bits per heavy atom. The normalized spacial score (nSPS) is 23.3. The first-order chi connectivity index (χ1) is 17.1. The molecule has 3 atom stereocenters. The molecule has 2 fully saturated rings. The molecule has 0 bridgehead atoms. The van der Waals surface area contributed by atoms with Crippen molar-refractivity contribution in [2.45, 2.75) is 63.8 Å². The maximum absolute atomic E-state index is 13.5. The molecule has 0 radical (unpaired) electrons. The van der Waals surface area contributed by atoms with Crippen molar-refractivity contribution >= 4 is 17.6 Å². The van der Waals surface area contributed by atoms with Crippen molar-refractivity contribution in [3.63, 3.8) is 0 Å². The Balaban J connectivity index is 1.22. The molecule has 2 aromatic rings. The topological polar surface area (TPSA) is 77.0 Å². The largest absolute Gasteiger partial charge is 0.356 e. The summed E-state index contributed by atoms with van der Waals surface area (Å²) >= 11 is 0. The number of nitrogens with one attached hydrogen (secondary N) is 2. The number of halogens is 1. The summed E-state index contributed by atoms with van der Waals surface area (Å²) in [5.41, 5.74) is 5.23. The van der Waals surface area contributed by atoms with Crippen LogP contribution in [0.25, 0.3) is 0 Å². The number of amides is 2. The first-order valence-electron chi connectivity index (χ1n) is 12.6. The van der Waals surface area contributed by atoms with Crippen LogP contribution in [0.2, 0.25) is 0 Å². The molecule has 3 aliphatic rings. The van der Waals surface area contributed by atoms with Crippen molar-refractivity contribution in [1.29, 1.82) is 0 Å². The number of hydrazone groups is 1. The molecule has 1 saturated heterocycles. The summed E-state index contributed by atoms with van der Waals surface area (Å²) in [5.74, 6) is 0.595. The van der Waals surface area contributed by atoms with Gasteiger partial charge in [0.05, 0.1) is 5.92 Å². The molecule has 7 nitrogen and oxygen atoms in total. The van der Waals surface area contributed by atoms with Crippen LogP contribution < -0.4 is 10.7 Å². The number of carbonyl (C=O) groups excluding carboxylic acids is 2. The summed E-state index contributed by atoms with van der Waals surface area (Å²) < 4.78 is 13.4. The molecule has 35 heavy (non-hydrogen) atoms. The predicted octanol–water partition coefficient (Wildman–Crippen LogP) is 3.37. The van der Waals surface area contributed by atoms with Gasteiger partial charge in [-0.1, -0.05) is 55.3 Å². The number of rotatable bonds is 8. The first-order valence-corrected chi connectivity index (χ1v) is 12.6. The van der Waals surface area contributed by atoms with Gasteiger partial charge in [0.25, 0.3) is 0 Å². The molecule has 0 aromatic heterocycles. The number of benzene rings is 2. The van der Waals surface area contributed by atoms with Gasteiger partial charge in [-0.05, 0) is 42.5 Å². The highest BCUT2D eigenvalue weighted by atomic mass is 19.1. The van der Waals surface area contributed by atoms with Gasteiger partial charge in [0, 0.05) is 32.0 Å². The van der Waals surface area contributed by atoms with Crippen LogP contribution in [0.15, 0.2) is 59.7 Å². The summed E-state index contributed by atoms with van der Waals surface area (Å²) in [6.07, 6.45) is 5.23. The summed E-state index contributed by atoms with van der Waals surface area (Å²) in [5, 5.41) is 7.58. The molecular formula is C27H32FN5O2. The van der Waals surface area contributed by atoms with E-state index >= 15 is 0 Å². The van der Waals surface area contributed by atoms with E-state index in [0.717, 1.165) is 43.5 Å². The van der Waals surface area contributed by atoms with Crippen LogP contribution in [0, 0.1) is 11.7 Å². The Hall–Kier alpha value is -3.42. The Morgan fingerprint density at radius 2 is 1.80 bits per heavy atom. The van der Waals surface area contributed by atoms with Gasteiger partial charge < -0.3 is 10.2 Å². The first kappa shape index (κ1) is 23.3. The van der Waals surface area contributed by atoms with Gasteiger partial charge >= 0.3 is 0 Å². The third-order valence-corrected chi connectivity index (χ3v) is 7.27. The van der Waals surface area contributed by atoms with Gasteiger partial charge in [0.1, 0.15) is 11.7 Å². The molecule has 1 saturated carbocycles. The summed E-state index contributed by atoms with van der Waals surface area (Å²) in [6.45, 7) is 0.990. The minimum absolute atomic E-state index is 0.00327. The molecule has 5 rings (SSSR count). The fraction of sp³-hybridized carbons (Fsp3) is 0.444. The second-order valence-electron chi connectivity index (χ2n) is 9.57. The van der Waals surface area contributed by atoms with Crippen molar-refractivity contribution in [2.24, 2.45) is 11.0 Å². The molecule has 184 valence electrons. The van der Waals surface area contributed by atoms with Crippen LogP contribution in [0.4, 0.5) is 4.39 Å². The molecule has 3 unspecified atom stereocenters. The molecule has 2 N–H and O–H groups in total. The van der Waals surface area contributed by atoms with Crippen LogP contribution in [-0.2, 0) is 22.6 Å². The van der Waals surface area contributed by atoms with Crippen molar-refractivity contribution in [2.75, 3.05) is 6.54 Å². The molecule has 0 spiro atoms. The summed E-state index contributed by atoms with van der Waals surface area (Å²) in [6, 6.07) is 16.5. The lowest BCUT2D eigenvalue weighted by molar-refractivity contribution is -0.156. The molecule has 2 amide bonds. The Morgan fingerprint density at radius 1 is 1.03 bits per heavy atom. The zero-order valence-electron chi connectivity index (χ0n) is 19.8. The third kappa shape index (κ3) is 5.16. The van der Waals surface area contributed by atoms with Gasteiger partial charge in [-0.3, -0.25) is 19.9 Å². The molecule has 2 aromatic carbocycles. The highest BCUT2D eigenvalue weighted by Gasteiger charge is 2.50. The summed E-state index contributed by atoms with van der Waals surface area (Å²) in [4.78, 5) is 30.0. The fourth-order valence-electron chi connectivity index (χ4n) is 5.49. The van der Waals surface area contributed by atoms with E-state index in [2.05, 4.69) is 32.9 Å². The van der Waals surface area contributed by atoms with Crippen molar-refractivity contribution in [1.82, 2.24) is 20.5 Å². The average molecular weight is 478 g/mol. The maximum atomic E-state index is 13.5. The number of fused-ring (bicyclic) bond motifs is 3. The van der Waals surface area contributed by atoms with Gasteiger partial charge in [-0.2, -0.15) is 5.10 Å². The Labute approximate surface area is 205 Å². The quantitative estimate of drug-likeness (QED) is 0.611. The van der Waals surface area contributed by atoms with Crippen LogP contribution in [0.5, 0.6) is 0 Å². The van der Waals surface area contributed by atoms with Crippen LogP contribution >= 0.6 is 0 Å². The van der Waals surface area contributed by atoms with Gasteiger partial charge in [-0.15, -0.1) is 0 Å². The van der Waals surface area contributed by atoms with Crippen LogP contribution in [0.1, 0.15) is 49.7 Å². The number of amidine groups is 1. The number of carbonyl (C=O) groups is 2. The highest BCUT2D eigenvalue weighted by Crippen LogP contribution is 2.38. The minimum Gasteiger partial charge on any atom is -0.356 e. The highest BCUT2D eigenvalue weighted by molar-refractivity contribution is 5.91. The van der Waals surface area contributed by atoms with E-state index in [1.165, 1.54) is 17.7 Å².